The van der Waals surface area contributed by atoms with Crippen molar-refractivity contribution in [2.24, 2.45) is 0 Å². The number of methoxy groups -OCH3 is 1. The van der Waals surface area contributed by atoms with Crippen molar-refractivity contribution in [2.45, 2.75) is 45.1 Å². The van der Waals surface area contributed by atoms with E-state index in [1.165, 1.54) is 37.7 Å². The van der Waals surface area contributed by atoms with Crippen LogP contribution in [0.25, 0.3) is 0 Å². The molecule has 1 aromatic carbocycles. The van der Waals surface area contributed by atoms with Crippen LogP contribution in [0.5, 0.6) is 0 Å². The van der Waals surface area contributed by atoms with E-state index in [0.717, 1.165) is 13.2 Å². The van der Waals surface area contributed by atoms with Gasteiger partial charge in [-0.1, -0.05) is 43.7 Å². The summed E-state index contributed by atoms with van der Waals surface area (Å²) in [6.45, 7) is 4.23. The molecule has 0 aromatic heterocycles. The Hall–Kier alpha value is -0.860. The van der Waals surface area contributed by atoms with E-state index in [1.807, 2.05) is 0 Å². The van der Waals surface area contributed by atoms with Gasteiger partial charge < -0.3 is 10.1 Å². The number of hydrogen-bond donors (Lipinski definition) is 1. The van der Waals surface area contributed by atoms with Crippen molar-refractivity contribution in [3.05, 3.63) is 35.9 Å². The van der Waals surface area contributed by atoms with Crippen molar-refractivity contribution in [1.29, 1.82) is 0 Å². The lowest BCUT2D eigenvalue weighted by Gasteiger charge is -2.18. The molecule has 1 N–H and O–H groups in total. The molecule has 0 fully saturated rings. The van der Waals surface area contributed by atoms with Gasteiger partial charge in [-0.05, 0) is 37.8 Å². The molecule has 102 valence electrons. The van der Waals surface area contributed by atoms with Crippen LogP contribution in [0.3, 0.4) is 0 Å². The molecule has 0 saturated heterocycles. The van der Waals surface area contributed by atoms with Crippen molar-refractivity contribution < 1.29 is 4.74 Å². The first kappa shape index (κ1) is 15.2. The maximum atomic E-state index is 5.06. The standard InChI is InChI=1S/C16H27NO/c1-3-10-16(15-11-6-4-7-12-15)17-13-8-5-9-14-18-2/h4,6-7,11-12,16-17H,3,5,8-10,13-14H2,1-2H3. The summed E-state index contributed by atoms with van der Waals surface area (Å²) in [5.41, 5.74) is 1.41. The molecule has 18 heavy (non-hydrogen) atoms. The minimum atomic E-state index is 0.513. The number of benzene rings is 1. The summed E-state index contributed by atoms with van der Waals surface area (Å²) in [6, 6.07) is 11.3. The molecular weight excluding hydrogens is 222 g/mol. The minimum Gasteiger partial charge on any atom is -0.385 e. The maximum absolute atomic E-state index is 5.06. The normalized spacial score (nSPS) is 12.6. The summed E-state index contributed by atoms with van der Waals surface area (Å²) in [7, 11) is 1.77. The van der Waals surface area contributed by atoms with Gasteiger partial charge in [0.25, 0.3) is 0 Å². The molecule has 0 saturated carbocycles. The van der Waals surface area contributed by atoms with E-state index in [9.17, 15) is 0 Å². The SMILES string of the molecule is CCCC(NCCCCCOC)c1ccccc1. The van der Waals surface area contributed by atoms with Crippen LogP contribution in [0.1, 0.15) is 50.6 Å². The molecule has 0 spiro atoms. The Balaban J connectivity index is 2.26. The Morgan fingerprint density at radius 2 is 1.89 bits per heavy atom. The zero-order chi connectivity index (χ0) is 13.1. The molecule has 1 unspecified atom stereocenters. The van der Waals surface area contributed by atoms with Crippen molar-refractivity contribution >= 4 is 0 Å². The van der Waals surface area contributed by atoms with Gasteiger partial charge in [0.15, 0.2) is 0 Å². The quantitative estimate of drug-likeness (QED) is 0.634. The molecule has 0 aliphatic rings. The second-order valence-corrected chi connectivity index (χ2v) is 4.76. The highest BCUT2D eigenvalue weighted by Gasteiger charge is 2.08. The summed E-state index contributed by atoms with van der Waals surface area (Å²) >= 11 is 0. The van der Waals surface area contributed by atoms with Gasteiger partial charge in [0.05, 0.1) is 0 Å². The Bertz CT molecular complexity index is 286. The lowest BCUT2D eigenvalue weighted by Crippen LogP contribution is -2.22. The Morgan fingerprint density at radius 3 is 2.56 bits per heavy atom. The lowest BCUT2D eigenvalue weighted by molar-refractivity contribution is 0.192. The number of unbranched alkanes of at least 4 members (excludes halogenated alkanes) is 2. The van der Waals surface area contributed by atoms with Crippen molar-refractivity contribution in [3.8, 4) is 0 Å². The second kappa shape index (κ2) is 10.1. The molecule has 0 bridgehead atoms. The highest BCUT2D eigenvalue weighted by molar-refractivity contribution is 5.18. The van der Waals surface area contributed by atoms with E-state index >= 15 is 0 Å². The minimum absolute atomic E-state index is 0.513. The maximum Gasteiger partial charge on any atom is 0.0462 e. The number of ether oxygens (including phenoxy) is 1. The first-order valence-electron chi connectivity index (χ1n) is 7.15. The Morgan fingerprint density at radius 1 is 1.11 bits per heavy atom. The van der Waals surface area contributed by atoms with Gasteiger partial charge >= 0.3 is 0 Å². The zero-order valence-corrected chi connectivity index (χ0v) is 11.8. The molecule has 0 heterocycles. The van der Waals surface area contributed by atoms with Gasteiger partial charge in [-0.3, -0.25) is 0 Å². The summed E-state index contributed by atoms with van der Waals surface area (Å²) in [5.74, 6) is 0. The molecule has 1 aromatic rings. The molecule has 0 aliphatic carbocycles. The molecular formula is C16H27NO. The Kier molecular flexibility index (Phi) is 8.53. The number of rotatable bonds is 10. The first-order chi connectivity index (χ1) is 8.88. The van der Waals surface area contributed by atoms with Gasteiger partial charge in [0.2, 0.25) is 0 Å². The highest BCUT2D eigenvalue weighted by atomic mass is 16.5. The van der Waals surface area contributed by atoms with E-state index < -0.39 is 0 Å². The van der Waals surface area contributed by atoms with Crippen LogP contribution < -0.4 is 5.32 Å². The smallest absolute Gasteiger partial charge is 0.0462 e. The summed E-state index contributed by atoms with van der Waals surface area (Å²) < 4.78 is 5.06. The largest absolute Gasteiger partial charge is 0.385 e. The van der Waals surface area contributed by atoms with Crippen LogP contribution in [0, 0.1) is 0 Å². The first-order valence-corrected chi connectivity index (χ1v) is 7.15. The van der Waals surface area contributed by atoms with Crippen LogP contribution in [0.2, 0.25) is 0 Å². The molecule has 2 nitrogen and oxygen atoms in total. The fraction of sp³-hybridized carbons (Fsp3) is 0.625. The van der Waals surface area contributed by atoms with Crippen LogP contribution in [0.4, 0.5) is 0 Å². The lowest BCUT2D eigenvalue weighted by atomic mass is 10.0. The van der Waals surface area contributed by atoms with E-state index in [2.05, 4.69) is 42.6 Å². The van der Waals surface area contributed by atoms with Gasteiger partial charge in [-0.15, -0.1) is 0 Å². The molecule has 0 amide bonds. The molecule has 1 rings (SSSR count). The van der Waals surface area contributed by atoms with Gasteiger partial charge in [-0.2, -0.15) is 0 Å². The molecule has 0 radical (unpaired) electrons. The third-order valence-electron chi connectivity index (χ3n) is 3.20. The second-order valence-electron chi connectivity index (χ2n) is 4.76. The van der Waals surface area contributed by atoms with Crippen LogP contribution in [-0.2, 0) is 4.74 Å². The molecule has 1 atom stereocenters. The van der Waals surface area contributed by atoms with E-state index in [-0.39, 0.29) is 0 Å². The van der Waals surface area contributed by atoms with E-state index in [0.29, 0.717) is 6.04 Å². The van der Waals surface area contributed by atoms with Gasteiger partial charge in [0.1, 0.15) is 0 Å². The third kappa shape index (κ3) is 6.18. The third-order valence-corrected chi connectivity index (χ3v) is 3.20. The van der Waals surface area contributed by atoms with Crippen LogP contribution in [-0.4, -0.2) is 20.3 Å². The van der Waals surface area contributed by atoms with Crippen LogP contribution in [0.15, 0.2) is 30.3 Å². The molecule has 0 aliphatic heterocycles. The predicted molar refractivity (Wildman–Crippen MR) is 77.8 cm³/mol. The summed E-state index contributed by atoms with van der Waals surface area (Å²) in [6.07, 6.45) is 6.07. The number of nitrogens with one attached hydrogen (secondary N) is 1. The zero-order valence-electron chi connectivity index (χ0n) is 11.8. The van der Waals surface area contributed by atoms with Gasteiger partial charge in [0, 0.05) is 19.8 Å². The van der Waals surface area contributed by atoms with Gasteiger partial charge in [-0.25, -0.2) is 0 Å². The topological polar surface area (TPSA) is 21.3 Å². The van der Waals surface area contributed by atoms with E-state index in [4.69, 9.17) is 4.74 Å². The Labute approximate surface area is 112 Å². The van der Waals surface area contributed by atoms with Crippen molar-refractivity contribution in [1.82, 2.24) is 5.32 Å². The molecule has 2 heteroatoms. The predicted octanol–water partition coefficient (Wildman–Crippen LogP) is 3.93. The van der Waals surface area contributed by atoms with E-state index in [1.54, 1.807) is 7.11 Å². The average molecular weight is 249 g/mol. The summed E-state index contributed by atoms with van der Waals surface area (Å²) in [5, 5.41) is 3.67. The number of hydrogen-bond acceptors (Lipinski definition) is 2. The fourth-order valence-corrected chi connectivity index (χ4v) is 2.19. The van der Waals surface area contributed by atoms with Crippen molar-refractivity contribution in [2.75, 3.05) is 20.3 Å². The summed E-state index contributed by atoms with van der Waals surface area (Å²) in [4.78, 5) is 0. The van der Waals surface area contributed by atoms with Crippen LogP contribution >= 0.6 is 0 Å². The monoisotopic (exact) mass is 249 g/mol. The van der Waals surface area contributed by atoms with Crippen molar-refractivity contribution in [3.63, 3.8) is 0 Å². The fourth-order valence-electron chi connectivity index (χ4n) is 2.19. The average Bonchev–Trinajstić information content (AvgIpc) is 2.42. The highest BCUT2D eigenvalue weighted by Crippen LogP contribution is 2.17.